The standard InChI is InChI=1S/C27H23N3O7/c1-2-15-36-22-13-9-20(10-14-22)29-26(32)24(25(31)28-27(29)33)16-18-5-11-23(12-6-18)37-17-19-3-7-21(8-4-19)30(34)35/h3-14,16H,2,15,17H2,1H3,(H,28,31,33)/b24-16-. The van der Waals surface area contributed by atoms with Crippen molar-refractivity contribution in [1.82, 2.24) is 5.32 Å². The first kappa shape index (κ1) is 25.1. The van der Waals surface area contributed by atoms with Gasteiger partial charge in [-0.05, 0) is 72.2 Å². The lowest BCUT2D eigenvalue weighted by Crippen LogP contribution is -2.54. The normalized spacial score (nSPS) is 14.5. The maximum atomic E-state index is 13.1. The van der Waals surface area contributed by atoms with Gasteiger partial charge in [-0.15, -0.1) is 0 Å². The molecule has 0 saturated carbocycles. The van der Waals surface area contributed by atoms with Crippen LogP contribution in [0.1, 0.15) is 24.5 Å². The molecular formula is C27H23N3O7. The first-order valence-electron chi connectivity index (χ1n) is 11.5. The summed E-state index contributed by atoms with van der Waals surface area (Å²) in [5, 5.41) is 13.0. The summed E-state index contributed by atoms with van der Waals surface area (Å²) in [6.07, 6.45) is 2.24. The lowest BCUT2D eigenvalue weighted by atomic mass is 10.1. The minimum Gasteiger partial charge on any atom is -0.494 e. The number of nitro groups is 1. The summed E-state index contributed by atoms with van der Waals surface area (Å²) in [5.74, 6) is -0.387. The predicted octanol–water partition coefficient (Wildman–Crippen LogP) is 4.63. The summed E-state index contributed by atoms with van der Waals surface area (Å²) in [6.45, 7) is 2.74. The zero-order chi connectivity index (χ0) is 26.4. The molecule has 1 saturated heterocycles. The lowest BCUT2D eigenvalue weighted by Gasteiger charge is -2.26. The molecule has 188 valence electrons. The van der Waals surface area contributed by atoms with Gasteiger partial charge in [-0.1, -0.05) is 19.1 Å². The second kappa shape index (κ2) is 11.2. The predicted molar refractivity (Wildman–Crippen MR) is 135 cm³/mol. The van der Waals surface area contributed by atoms with Crippen molar-refractivity contribution in [2.45, 2.75) is 20.0 Å². The number of anilines is 1. The summed E-state index contributed by atoms with van der Waals surface area (Å²) < 4.78 is 11.2. The van der Waals surface area contributed by atoms with Crippen LogP contribution in [0.2, 0.25) is 0 Å². The van der Waals surface area contributed by atoms with Crippen LogP contribution in [0.4, 0.5) is 16.2 Å². The molecule has 0 aliphatic carbocycles. The van der Waals surface area contributed by atoms with Crippen molar-refractivity contribution in [3.05, 3.63) is 99.6 Å². The molecule has 4 rings (SSSR count). The highest BCUT2D eigenvalue weighted by Crippen LogP contribution is 2.25. The van der Waals surface area contributed by atoms with E-state index < -0.39 is 22.8 Å². The first-order chi connectivity index (χ1) is 17.9. The fourth-order valence-electron chi connectivity index (χ4n) is 3.51. The number of carbonyl (C=O) groups excluding carboxylic acids is 3. The third-order valence-corrected chi connectivity index (χ3v) is 5.41. The summed E-state index contributed by atoms with van der Waals surface area (Å²) in [6, 6.07) is 18.3. The van der Waals surface area contributed by atoms with Crippen molar-refractivity contribution in [1.29, 1.82) is 0 Å². The maximum Gasteiger partial charge on any atom is 0.335 e. The molecule has 0 atom stereocenters. The van der Waals surface area contributed by atoms with Crippen LogP contribution in [0.3, 0.4) is 0 Å². The average molecular weight is 501 g/mol. The molecule has 1 N–H and O–H groups in total. The molecule has 10 heteroatoms. The molecule has 0 aromatic heterocycles. The highest BCUT2D eigenvalue weighted by Gasteiger charge is 2.36. The summed E-state index contributed by atoms with van der Waals surface area (Å²) >= 11 is 0. The number of hydrogen-bond acceptors (Lipinski definition) is 7. The van der Waals surface area contributed by atoms with E-state index in [4.69, 9.17) is 9.47 Å². The Kier molecular flexibility index (Phi) is 7.58. The van der Waals surface area contributed by atoms with Crippen molar-refractivity contribution in [3.8, 4) is 11.5 Å². The number of nitrogens with zero attached hydrogens (tertiary/aromatic N) is 2. The number of rotatable bonds is 9. The van der Waals surface area contributed by atoms with Gasteiger partial charge in [0.25, 0.3) is 17.5 Å². The Labute approximate surface area is 212 Å². The number of urea groups is 1. The van der Waals surface area contributed by atoms with Crippen molar-refractivity contribution in [3.63, 3.8) is 0 Å². The molecule has 4 amide bonds. The molecule has 0 radical (unpaired) electrons. The number of carbonyl (C=O) groups is 3. The number of nitro benzene ring substituents is 1. The van der Waals surface area contributed by atoms with Crippen LogP contribution in [0.5, 0.6) is 11.5 Å². The van der Waals surface area contributed by atoms with Crippen LogP contribution in [0.25, 0.3) is 6.08 Å². The number of ether oxygens (including phenoxy) is 2. The molecule has 1 fully saturated rings. The van der Waals surface area contributed by atoms with E-state index in [1.54, 1.807) is 60.7 Å². The monoisotopic (exact) mass is 501 g/mol. The number of imide groups is 2. The number of non-ortho nitro benzene ring substituents is 1. The van der Waals surface area contributed by atoms with Crippen molar-refractivity contribution in [2.24, 2.45) is 0 Å². The molecule has 1 heterocycles. The van der Waals surface area contributed by atoms with E-state index in [0.717, 1.165) is 16.9 Å². The van der Waals surface area contributed by atoms with Gasteiger partial charge in [-0.25, -0.2) is 9.69 Å². The Morgan fingerprint density at radius 2 is 1.51 bits per heavy atom. The Hall–Kier alpha value is -4.99. The number of nitrogens with one attached hydrogen (secondary N) is 1. The zero-order valence-corrected chi connectivity index (χ0v) is 19.9. The van der Waals surface area contributed by atoms with E-state index in [2.05, 4.69) is 5.32 Å². The summed E-state index contributed by atoms with van der Waals surface area (Å²) in [5.41, 5.74) is 1.43. The van der Waals surface area contributed by atoms with Gasteiger partial charge in [0.1, 0.15) is 23.7 Å². The quantitative estimate of drug-likeness (QED) is 0.196. The minimum absolute atomic E-state index is 0.000655. The van der Waals surface area contributed by atoms with Crippen LogP contribution < -0.4 is 19.7 Å². The minimum atomic E-state index is -0.829. The highest BCUT2D eigenvalue weighted by atomic mass is 16.6. The number of benzene rings is 3. The van der Waals surface area contributed by atoms with E-state index in [-0.39, 0.29) is 17.9 Å². The molecule has 0 unspecified atom stereocenters. The second-order valence-corrected chi connectivity index (χ2v) is 8.08. The second-order valence-electron chi connectivity index (χ2n) is 8.08. The van der Waals surface area contributed by atoms with Gasteiger partial charge < -0.3 is 9.47 Å². The highest BCUT2D eigenvalue weighted by molar-refractivity contribution is 6.39. The number of amides is 4. The van der Waals surface area contributed by atoms with Crippen molar-refractivity contribution in [2.75, 3.05) is 11.5 Å². The van der Waals surface area contributed by atoms with E-state index in [1.807, 2.05) is 6.92 Å². The van der Waals surface area contributed by atoms with Crippen molar-refractivity contribution >= 4 is 35.3 Å². The van der Waals surface area contributed by atoms with Gasteiger partial charge in [0.2, 0.25) is 0 Å². The van der Waals surface area contributed by atoms with Gasteiger partial charge in [-0.2, -0.15) is 0 Å². The van der Waals surface area contributed by atoms with Gasteiger partial charge in [0.05, 0.1) is 17.2 Å². The van der Waals surface area contributed by atoms with Crippen molar-refractivity contribution < 1.29 is 28.8 Å². The Morgan fingerprint density at radius 1 is 0.892 bits per heavy atom. The SMILES string of the molecule is CCCOc1ccc(N2C(=O)NC(=O)/C(=C/c3ccc(OCc4ccc([N+](=O)[O-])cc4)cc3)C2=O)cc1. The molecule has 3 aromatic rings. The lowest BCUT2D eigenvalue weighted by molar-refractivity contribution is -0.384. The largest absolute Gasteiger partial charge is 0.494 e. The smallest absolute Gasteiger partial charge is 0.335 e. The van der Waals surface area contributed by atoms with E-state index in [1.165, 1.54) is 18.2 Å². The Morgan fingerprint density at radius 3 is 2.14 bits per heavy atom. The van der Waals surface area contributed by atoms with E-state index >= 15 is 0 Å². The van der Waals surface area contributed by atoms with Crippen LogP contribution in [-0.2, 0) is 16.2 Å². The fourth-order valence-corrected chi connectivity index (χ4v) is 3.51. The number of barbiturate groups is 1. The van der Waals surface area contributed by atoms with Gasteiger partial charge in [0, 0.05) is 12.1 Å². The first-order valence-corrected chi connectivity index (χ1v) is 11.5. The molecule has 0 bridgehead atoms. The topological polar surface area (TPSA) is 128 Å². The molecule has 3 aromatic carbocycles. The van der Waals surface area contributed by atoms with Crippen LogP contribution >= 0.6 is 0 Å². The zero-order valence-electron chi connectivity index (χ0n) is 19.9. The number of hydrogen-bond donors (Lipinski definition) is 1. The van der Waals surface area contributed by atoms with Gasteiger partial charge >= 0.3 is 6.03 Å². The average Bonchev–Trinajstić information content (AvgIpc) is 2.90. The molecule has 10 nitrogen and oxygen atoms in total. The van der Waals surface area contributed by atoms with Crippen LogP contribution in [0, 0.1) is 10.1 Å². The van der Waals surface area contributed by atoms with E-state index in [0.29, 0.717) is 29.4 Å². The van der Waals surface area contributed by atoms with Gasteiger partial charge in [0.15, 0.2) is 0 Å². The third kappa shape index (κ3) is 5.99. The third-order valence-electron chi connectivity index (χ3n) is 5.41. The van der Waals surface area contributed by atoms with Crippen LogP contribution in [-0.4, -0.2) is 29.4 Å². The molecular weight excluding hydrogens is 478 g/mol. The van der Waals surface area contributed by atoms with Crippen LogP contribution in [0.15, 0.2) is 78.4 Å². The summed E-state index contributed by atoms with van der Waals surface area (Å²) in [7, 11) is 0. The molecule has 37 heavy (non-hydrogen) atoms. The molecule has 0 spiro atoms. The van der Waals surface area contributed by atoms with Gasteiger partial charge in [-0.3, -0.25) is 25.0 Å². The molecule has 1 aliphatic rings. The molecule has 1 aliphatic heterocycles. The maximum absolute atomic E-state index is 13.1. The summed E-state index contributed by atoms with van der Waals surface area (Å²) in [4.78, 5) is 49.1. The Balaban J connectivity index is 1.45. The van der Waals surface area contributed by atoms with E-state index in [9.17, 15) is 24.5 Å². The Bertz CT molecular complexity index is 1350. The fraction of sp³-hybridized carbons (Fsp3) is 0.148.